The van der Waals surface area contributed by atoms with Crippen molar-refractivity contribution in [1.29, 1.82) is 0 Å². The van der Waals surface area contributed by atoms with Crippen molar-refractivity contribution in [2.45, 2.75) is 13.0 Å². The quantitative estimate of drug-likeness (QED) is 0.729. The number of urea groups is 1. The normalized spacial score (nSPS) is 11.6. The Labute approximate surface area is 91.3 Å². The van der Waals surface area contributed by atoms with Crippen molar-refractivity contribution in [2.24, 2.45) is 0 Å². The molecule has 1 rings (SSSR count). The number of carbonyl (C=O) groups excluding carboxylic acids is 1. The second kappa shape index (κ2) is 5.11. The highest BCUT2D eigenvalue weighted by Crippen LogP contribution is 2.08. The number of anilines is 1. The molecule has 2 amide bonds. The van der Waals surface area contributed by atoms with Crippen LogP contribution in [0.1, 0.15) is 6.92 Å². The molecule has 1 aromatic rings. The summed E-state index contributed by atoms with van der Waals surface area (Å²) in [6, 6.07) is 3.60. The molecular weight excluding hydrogens is 215 g/mol. The zero-order valence-corrected chi connectivity index (χ0v) is 8.53. The fourth-order valence-electron chi connectivity index (χ4n) is 0.992. The van der Waals surface area contributed by atoms with Crippen LogP contribution in [0.25, 0.3) is 0 Å². The molecular formula is C10H11FN2O3. The number of benzene rings is 1. The third-order valence-corrected chi connectivity index (χ3v) is 1.80. The second-order valence-electron chi connectivity index (χ2n) is 3.17. The third-order valence-electron chi connectivity index (χ3n) is 1.80. The Hall–Kier alpha value is -2.11. The van der Waals surface area contributed by atoms with Crippen LogP contribution in [0.15, 0.2) is 24.3 Å². The fourth-order valence-corrected chi connectivity index (χ4v) is 0.992. The lowest BCUT2D eigenvalue weighted by Crippen LogP contribution is -2.40. The van der Waals surface area contributed by atoms with E-state index in [1.807, 2.05) is 0 Å². The number of aliphatic carboxylic acids is 1. The molecule has 6 heteroatoms. The van der Waals surface area contributed by atoms with E-state index < -0.39 is 23.9 Å². The minimum absolute atomic E-state index is 0.259. The number of rotatable bonds is 3. The van der Waals surface area contributed by atoms with Crippen LogP contribution in [0.2, 0.25) is 0 Å². The molecule has 0 fully saturated rings. The van der Waals surface area contributed by atoms with Gasteiger partial charge in [-0.2, -0.15) is 0 Å². The van der Waals surface area contributed by atoms with E-state index in [2.05, 4.69) is 10.6 Å². The number of carboxylic acid groups (broad SMARTS) is 1. The SMILES string of the molecule is CC(NC(=O)Nc1cccc(F)c1)C(=O)O. The monoisotopic (exact) mass is 226 g/mol. The molecule has 0 heterocycles. The Morgan fingerprint density at radius 1 is 1.44 bits per heavy atom. The van der Waals surface area contributed by atoms with Crippen LogP contribution >= 0.6 is 0 Å². The van der Waals surface area contributed by atoms with E-state index in [1.54, 1.807) is 0 Å². The highest BCUT2D eigenvalue weighted by molar-refractivity contribution is 5.92. The molecule has 0 spiro atoms. The number of halogens is 1. The van der Waals surface area contributed by atoms with Gasteiger partial charge in [-0.15, -0.1) is 0 Å². The van der Waals surface area contributed by atoms with E-state index in [-0.39, 0.29) is 5.69 Å². The van der Waals surface area contributed by atoms with Gasteiger partial charge in [-0.1, -0.05) is 6.07 Å². The first-order valence-corrected chi connectivity index (χ1v) is 4.55. The summed E-state index contributed by atoms with van der Waals surface area (Å²) in [6.07, 6.45) is 0. The van der Waals surface area contributed by atoms with E-state index in [0.717, 1.165) is 6.07 Å². The Kier molecular flexibility index (Phi) is 3.82. The summed E-state index contributed by atoms with van der Waals surface area (Å²) in [5, 5.41) is 13.0. The van der Waals surface area contributed by atoms with E-state index in [9.17, 15) is 14.0 Å². The predicted molar refractivity (Wildman–Crippen MR) is 55.7 cm³/mol. The molecule has 16 heavy (non-hydrogen) atoms. The molecule has 0 bridgehead atoms. The Balaban J connectivity index is 2.55. The highest BCUT2D eigenvalue weighted by Gasteiger charge is 2.13. The van der Waals surface area contributed by atoms with Crippen LogP contribution in [-0.2, 0) is 4.79 Å². The summed E-state index contributed by atoms with van der Waals surface area (Å²) in [5.74, 6) is -1.63. The van der Waals surface area contributed by atoms with E-state index >= 15 is 0 Å². The summed E-state index contributed by atoms with van der Waals surface area (Å²) in [5.41, 5.74) is 0.259. The molecule has 5 nitrogen and oxygen atoms in total. The molecule has 0 radical (unpaired) electrons. The summed E-state index contributed by atoms with van der Waals surface area (Å²) in [4.78, 5) is 21.7. The number of carboxylic acids is 1. The Bertz CT molecular complexity index is 409. The van der Waals surface area contributed by atoms with Crippen molar-refractivity contribution in [3.63, 3.8) is 0 Å². The molecule has 1 unspecified atom stereocenters. The van der Waals surface area contributed by atoms with Gasteiger partial charge in [0.05, 0.1) is 0 Å². The average molecular weight is 226 g/mol. The van der Waals surface area contributed by atoms with Crippen LogP contribution in [0.5, 0.6) is 0 Å². The summed E-state index contributed by atoms with van der Waals surface area (Å²) in [6.45, 7) is 1.33. The van der Waals surface area contributed by atoms with Gasteiger partial charge in [-0.05, 0) is 25.1 Å². The zero-order chi connectivity index (χ0) is 12.1. The number of nitrogens with one attached hydrogen (secondary N) is 2. The maximum atomic E-state index is 12.7. The van der Waals surface area contributed by atoms with Gasteiger partial charge < -0.3 is 15.7 Å². The summed E-state index contributed by atoms with van der Waals surface area (Å²) < 4.78 is 12.7. The van der Waals surface area contributed by atoms with Crippen LogP contribution in [-0.4, -0.2) is 23.1 Å². The summed E-state index contributed by atoms with van der Waals surface area (Å²) >= 11 is 0. The van der Waals surface area contributed by atoms with E-state index in [4.69, 9.17) is 5.11 Å². The maximum absolute atomic E-state index is 12.7. The molecule has 1 aromatic carbocycles. The average Bonchev–Trinajstić information content (AvgIpc) is 2.16. The largest absolute Gasteiger partial charge is 0.480 e. The first kappa shape index (κ1) is 12.0. The number of hydrogen-bond donors (Lipinski definition) is 3. The first-order chi connectivity index (χ1) is 7.49. The Morgan fingerprint density at radius 2 is 2.12 bits per heavy atom. The molecule has 3 N–H and O–H groups in total. The topological polar surface area (TPSA) is 78.4 Å². The van der Waals surface area contributed by atoms with Crippen molar-refractivity contribution < 1.29 is 19.1 Å². The van der Waals surface area contributed by atoms with E-state index in [1.165, 1.54) is 25.1 Å². The molecule has 0 aliphatic heterocycles. The lowest BCUT2D eigenvalue weighted by atomic mass is 10.3. The fraction of sp³-hybridized carbons (Fsp3) is 0.200. The predicted octanol–water partition coefficient (Wildman–Crippen LogP) is 1.42. The van der Waals surface area contributed by atoms with Crippen molar-refractivity contribution >= 4 is 17.7 Å². The molecule has 0 aliphatic carbocycles. The minimum atomic E-state index is -1.14. The number of hydrogen-bond acceptors (Lipinski definition) is 2. The highest BCUT2D eigenvalue weighted by atomic mass is 19.1. The molecule has 0 aromatic heterocycles. The molecule has 86 valence electrons. The van der Waals surface area contributed by atoms with Crippen molar-refractivity contribution in [2.75, 3.05) is 5.32 Å². The van der Waals surface area contributed by atoms with Crippen LogP contribution in [0, 0.1) is 5.82 Å². The maximum Gasteiger partial charge on any atom is 0.325 e. The van der Waals surface area contributed by atoms with Gasteiger partial charge in [0.25, 0.3) is 0 Å². The Morgan fingerprint density at radius 3 is 2.69 bits per heavy atom. The van der Waals surface area contributed by atoms with Gasteiger partial charge in [0, 0.05) is 5.69 Å². The lowest BCUT2D eigenvalue weighted by molar-refractivity contribution is -0.138. The first-order valence-electron chi connectivity index (χ1n) is 4.55. The number of amides is 2. The van der Waals surface area contributed by atoms with Crippen molar-refractivity contribution in [3.8, 4) is 0 Å². The minimum Gasteiger partial charge on any atom is -0.480 e. The van der Waals surface area contributed by atoms with Gasteiger partial charge in [-0.25, -0.2) is 9.18 Å². The van der Waals surface area contributed by atoms with Crippen LogP contribution in [0.4, 0.5) is 14.9 Å². The summed E-state index contributed by atoms with van der Waals surface area (Å²) in [7, 11) is 0. The van der Waals surface area contributed by atoms with Gasteiger partial charge in [-0.3, -0.25) is 4.79 Å². The van der Waals surface area contributed by atoms with Crippen LogP contribution < -0.4 is 10.6 Å². The van der Waals surface area contributed by atoms with Gasteiger partial charge >= 0.3 is 12.0 Å². The molecule has 0 aliphatic rings. The van der Waals surface area contributed by atoms with Gasteiger partial charge in [0.2, 0.25) is 0 Å². The lowest BCUT2D eigenvalue weighted by Gasteiger charge is -2.10. The van der Waals surface area contributed by atoms with Crippen molar-refractivity contribution in [1.82, 2.24) is 5.32 Å². The smallest absolute Gasteiger partial charge is 0.325 e. The van der Waals surface area contributed by atoms with Crippen LogP contribution in [0.3, 0.4) is 0 Å². The molecule has 1 atom stereocenters. The van der Waals surface area contributed by atoms with Gasteiger partial charge in [0.15, 0.2) is 0 Å². The standard InChI is InChI=1S/C10H11FN2O3/c1-6(9(14)15)12-10(16)13-8-4-2-3-7(11)5-8/h2-6H,1H3,(H,14,15)(H2,12,13,16). The zero-order valence-electron chi connectivity index (χ0n) is 8.53. The number of carbonyl (C=O) groups is 2. The van der Waals surface area contributed by atoms with Crippen molar-refractivity contribution in [3.05, 3.63) is 30.1 Å². The third kappa shape index (κ3) is 3.56. The second-order valence-corrected chi connectivity index (χ2v) is 3.17. The van der Waals surface area contributed by atoms with Gasteiger partial charge in [0.1, 0.15) is 11.9 Å². The molecule has 0 saturated heterocycles. The molecule has 0 saturated carbocycles. The van der Waals surface area contributed by atoms with E-state index in [0.29, 0.717) is 0 Å².